The predicted octanol–water partition coefficient (Wildman–Crippen LogP) is 3.53. The van der Waals surface area contributed by atoms with E-state index in [-0.39, 0.29) is 23.7 Å². The van der Waals surface area contributed by atoms with Gasteiger partial charge in [0, 0.05) is 53.1 Å². The SMILES string of the molecule is CC(=O)NCc1ccc([C@H]2CN(C/C(C)=C/c3ccccc3)C[C@@H]2C(=O)N(C)C)cc1. The predicted molar refractivity (Wildman–Crippen MR) is 125 cm³/mol. The number of carbonyl (C=O) groups excluding carboxylic acids is 2. The van der Waals surface area contributed by atoms with Crippen LogP contribution in [0.5, 0.6) is 0 Å². The quantitative estimate of drug-likeness (QED) is 0.747. The van der Waals surface area contributed by atoms with E-state index in [0.29, 0.717) is 6.54 Å². The molecule has 1 heterocycles. The smallest absolute Gasteiger partial charge is 0.227 e. The Balaban J connectivity index is 1.74. The highest BCUT2D eigenvalue weighted by Gasteiger charge is 2.39. The number of hydrogen-bond acceptors (Lipinski definition) is 3. The topological polar surface area (TPSA) is 52.7 Å². The lowest BCUT2D eigenvalue weighted by molar-refractivity contribution is -0.133. The Labute approximate surface area is 185 Å². The summed E-state index contributed by atoms with van der Waals surface area (Å²) < 4.78 is 0. The van der Waals surface area contributed by atoms with Crippen molar-refractivity contribution in [2.75, 3.05) is 33.7 Å². The van der Waals surface area contributed by atoms with E-state index in [1.807, 2.05) is 44.4 Å². The third kappa shape index (κ3) is 6.28. The van der Waals surface area contributed by atoms with Gasteiger partial charge in [0.2, 0.25) is 11.8 Å². The summed E-state index contributed by atoms with van der Waals surface area (Å²) in [6, 6.07) is 18.6. The van der Waals surface area contributed by atoms with Gasteiger partial charge in [0.05, 0.1) is 5.92 Å². The highest BCUT2D eigenvalue weighted by Crippen LogP contribution is 2.34. The zero-order valence-electron chi connectivity index (χ0n) is 19.0. The first-order chi connectivity index (χ1) is 14.8. The van der Waals surface area contributed by atoms with Gasteiger partial charge in [0.15, 0.2) is 0 Å². The highest BCUT2D eigenvalue weighted by atomic mass is 16.2. The number of amides is 2. The highest BCUT2D eigenvalue weighted by molar-refractivity contribution is 5.80. The summed E-state index contributed by atoms with van der Waals surface area (Å²) in [7, 11) is 3.66. The van der Waals surface area contributed by atoms with Crippen LogP contribution in [0.3, 0.4) is 0 Å². The fourth-order valence-electron chi connectivity index (χ4n) is 4.28. The normalized spacial score (nSPS) is 19.3. The monoisotopic (exact) mass is 419 g/mol. The Hall–Kier alpha value is -2.92. The van der Waals surface area contributed by atoms with Gasteiger partial charge in [-0.15, -0.1) is 0 Å². The zero-order valence-corrected chi connectivity index (χ0v) is 19.0. The van der Waals surface area contributed by atoms with Gasteiger partial charge in [-0.3, -0.25) is 14.5 Å². The number of nitrogens with one attached hydrogen (secondary N) is 1. The molecule has 5 heteroatoms. The Morgan fingerprint density at radius 1 is 1.03 bits per heavy atom. The molecular formula is C26H33N3O2. The maximum atomic E-state index is 12.9. The average Bonchev–Trinajstić information content (AvgIpc) is 3.16. The number of carbonyl (C=O) groups is 2. The van der Waals surface area contributed by atoms with E-state index in [0.717, 1.165) is 25.2 Å². The molecule has 3 rings (SSSR count). The van der Waals surface area contributed by atoms with E-state index >= 15 is 0 Å². The van der Waals surface area contributed by atoms with Crippen molar-refractivity contribution in [2.24, 2.45) is 5.92 Å². The molecule has 1 aliphatic heterocycles. The molecule has 2 amide bonds. The van der Waals surface area contributed by atoms with Gasteiger partial charge in [0.25, 0.3) is 0 Å². The standard InChI is InChI=1S/C26H33N3O2/c1-19(14-21-8-6-5-7-9-21)16-29-17-24(25(18-29)26(31)28(3)4)23-12-10-22(11-13-23)15-27-20(2)30/h5-14,24-25H,15-18H2,1-4H3,(H,27,30)/b19-14+/t24-,25+/m1/s1. The Morgan fingerprint density at radius 2 is 1.71 bits per heavy atom. The lowest BCUT2D eigenvalue weighted by Gasteiger charge is -2.22. The largest absolute Gasteiger partial charge is 0.352 e. The summed E-state index contributed by atoms with van der Waals surface area (Å²) in [6.45, 7) is 6.66. The van der Waals surface area contributed by atoms with Crippen LogP contribution >= 0.6 is 0 Å². The Kier molecular flexibility index (Phi) is 7.64. The summed E-state index contributed by atoms with van der Waals surface area (Å²) in [5.74, 6) is 0.251. The average molecular weight is 420 g/mol. The molecule has 31 heavy (non-hydrogen) atoms. The summed E-state index contributed by atoms with van der Waals surface area (Å²) in [5, 5.41) is 2.83. The van der Waals surface area contributed by atoms with Gasteiger partial charge in [0.1, 0.15) is 0 Å². The third-order valence-corrected chi connectivity index (χ3v) is 5.79. The Morgan fingerprint density at radius 3 is 2.32 bits per heavy atom. The first-order valence-electron chi connectivity index (χ1n) is 10.8. The van der Waals surface area contributed by atoms with Crippen molar-refractivity contribution in [3.63, 3.8) is 0 Å². The summed E-state index contributed by atoms with van der Waals surface area (Å²) in [5.41, 5.74) is 4.73. The lowest BCUT2D eigenvalue weighted by Crippen LogP contribution is -2.34. The van der Waals surface area contributed by atoms with E-state index in [1.54, 1.807) is 4.90 Å². The molecule has 2 aromatic rings. The van der Waals surface area contributed by atoms with Crippen molar-refractivity contribution < 1.29 is 9.59 Å². The van der Waals surface area contributed by atoms with Crippen LogP contribution < -0.4 is 5.32 Å². The molecule has 0 aliphatic carbocycles. The van der Waals surface area contributed by atoms with Gasteiger partial charge >= 0.3 is 0 Å². The number of rotatable bonds is 7. The van der Waals surface area contributed by atoms with E-state index in [2.05, 4.69) is 47.5 Å². The van der Waals surface area contributed by atoms with Crippen LogP contribution in [0, 0.1) is 5.92 Å². The molecule has 1 N–H and O–H groups in total. The molecule has 164 valence electrons. The zero-order chi connectivity index (χ0) is 22.4. The van der Waals surface area contributed by atoms with Gasteiger partial charge in [-0.25, -0.2) is 0 Å². The summed E-state index contributed by atoms with van der Waals surface area (Å²) in [6.07, 6.45) is 2.22. The maximum Gasteiger partial charge on any atom is 0.227 e. The van der Waals surface area contributed by atoms with Crippen LogP contribution in [0.25, 0.3) is 6.08 Å². The molecule has 0 saturated carbocycles. The van der Waals surface area contributed by atoms with Gasteiger partial charge < -0.3 is 10.2 Å². The van der Waals surface area contributed by atoms with Crippen molar-refractivity contribution in [1.29, 1.82) is 0 Å². The molecule has 2 aromatic carbocycles. The van der Waals surface area contributed by atoms with Crippen LogP contribution in [0.4, 0.5) is 0 Å². The molecule has 0 aromatic heterocycles. The number of nitrogens with zero attached hydrogens (tertiary/aromatic N) is 2. The minimum Gasteiger partial charge on any atom is -0.352 e. The van der Waals surface area contributed by atoms with Crippen molar-refractivity contribution in [2.45, 2.75) is 26.3 Å². The van der Waals surface area contributed by atoms with Crippen LogP contribution in [0.1, 0.15) is 36.5 Å². The van der Waals surface area contributed by atoms with E-state index in [9.17, 15) is 9.59 Å². The van der Waals surface area contributed by atoms with E-state index in [1.165, 1.54) is 23.6 Å². The van der Waals surface area contributed by atoms with Gasteiger partial charge in [-0.05, 0) is 23.6 Å². The number of hydrogen-bond donors (Lipinski definition) is 1. The first kappa shape index (κ1) is 22.8. The molecule has 0 spiro atoms. The number of likely N-dealkylation sites (tertiary alicyclic amines) is 1. The second kappa shape index (κ2) is 10.4. The minimum atomic E-state index is -0.0549. The van der Waals surface area contributed by atoms with Crippen molar-refractivity contribution in [3.8, 4) is 0 Å². The molecule has 1 fully saturated rings. The van der Waals surface area contributed by atoms with Crippen LogP contribution in [0.2, 0.25) is 0 Å². The molecule has 0 unspecified atom stereocenters. The summed E-state index contributed by atoms with van der Waals surface area (Å²) >= 11 is 0. The molecule has 5 nitrogen and oxygen atoms in total. The molecule has 1 aliphatic rings. The lowest BCUT2D eigenvalue weighted by atomic mass is 9.87. The maximum absolute atomic E-state index is 12.9. The molecular weight excluding hydrogens is 386 g/mol. The molecule has 1 saturated heterocycles. The summed E-state index contributed by atoms with van der Waals surface area (Å²) in [4.78, 5) is 28.2. The van der Waals surface area contributed by atoms with Gasteiger partial charge in [-0.1, -0.05) is 66.2 Å². The molecule has 0 radical (unpaired) electrons. The first-order valence-corrected chi connectivity index (χ1v) is 10.8. The fraction of sp³-hybridized carbons (Fsp3) is 0.385. The van der Waals surface area contributed by atoms with Crippen LogP contribution in [-0.4, -0.2) is 55.3 Å². The molecule has 0 bridgehead atoms. The van der Waals surface area contributed by atoms with Crippen molar-refractivity contribution in [3.05, 3.63) is 76.9 Å². The second-order valence-corrected chi connectivity index (χ2v) is 8.69. The molecule has 2 atom stereocenters. The second-order valence-electron chi connectivity index (χ2n) is 8.69. The fourth-order valence-corrected chi connectivity index (χ4v) is 4.28. The van der Waals surface area contributed by atoms with Crippen LogP contribution in [0.15, 0.2) is 60.2 Å². The third-order valence-electron chi connectivity index (χ3n) is 5.79. The van der Waals surface area contributed by atoms with Crippen molar-refractivity contribution in [1.82, 2.24) is 15.1 Å². The minimum absolute atomic E-state index is 0.0360. The van der Waals surface area contributed by atoms with Crippen molar-refractivity contribution >= 4 is 17.9 Å². The van der Waals surface area contributed by atoms with Crippen LogP contribution in [-0.2, 0) is 16.1 Å². The van der Waals surface area contributed by atoms with Gasteiger partial charge in [-0.2, -0.15) is 0 Å². The Bertz CT molecular complexity index is 919. The van der Waals surface area contributed by atoms with E-state index < -0.39 is 0 Å². The number of benzene rings is 2. The van der Waals surface area contributed by atoms with E-state index in [4.69, 9.17) is 0 Å².